The first-order valence-corrected chi connectivity index (χ1v) is 9.60. The number of nitrogens with one attached hydrogen (secondary N) is 1. The average molecular weight is 514 g/mol. The van der Waals surface area contributed by atoms with Crippen LogP contribution in [-0.2, 0) is 13.0 Å². The van der Waals surface area contributed by atoms with E-state index >= 15 is 0 Å². The molecule has 2 heterocycles. The molecule has 160 valence electrons. The Morgan fingerprint density at radius 1 is 1.24 bits per heavy atom. The van der Waals surface area contributed by atoms with Crippen LogP contribution in [0, 0.1) is 13.8 Å². The third kappa shape index (κ3) is 4.96. The fraction of sp³-hybridized carbons (Fsp3) is 0.524. The maximum absolute atomic E-state index is 5.46. The van der Waals surface area contributed by atoms with E-state index in [0.717, 1.165) is 55.0 Å². The minimum absolute atomic E-state index is 0. The number of hydrogen-bond acceptors (Lipinski definition) is 5. The van der Waals surface area contributed by atoms with Crippen LogP contribution >= 0.6 is 24.0 Å². The summed E-state index contributed by atoms with van der Waals surface area (Å²) in [4.78, 5) is 6.77. The van der Waals surface area contributed by atoms with Crippen molar-refractivity contribution < 1.29 is 14.0 Å². The Hall–Kier alpha value is -1.97. The number of nitrogens with zero attached hydrogens (tertiary/aromatic N) is 3. The van der Waals surface area contributed by atoms with Crippen molar-refractivity contribution >= 4 is 29.9 Å². The molecule has 29 heavy (non-hydrogen) atoms. The summed E-state index contributed by atoms with van der Waals surface area (Å²) in [6, 6.07) is 4.15. The molecule has 0 amide bonds. The van der Waals surface area contributed by atoms with Gasteiger partial charge in [-0.15, -0.1) is 24.0 Å². The molecule has 0 saturated heterocycles. The molecule has 0 radical (unpaired) electrons. The summed E-state index contributed by atoms with van der Waals surface area (Å²) in [6.45, 7) is 8.58. The Labute approximate surface area is 189 Å². The molecule has 0 bridgehead atoms. The number of ether oxygens (including phenoxy) is 2. The molecule has 2 aromatic rings. The van der Waals surface area contributed by atoms with Gasteiger partial charge in [0.1, 0.15) is 5.76 Å². The van der Waals surface area contributed by atoms with Gasteiger partial charge >= 0.3 is 0 Å². The highest BCUT2D eigenvalue weighted by atomic mass is 127. The molecule has 1 aromatic carbocycles. The molecule has 1 aliphatic rings. The van der Waals surface area contributed by atoms with Crippen molar-refractivity contribution in [3.05, 3.63) is 40.3 Å². The number of aryl methyl sites for hydroxylation is 2. The van der Waals surface area contributed by atoms with Crippen molar-refractivity contribution in [2.24, 2.45) is 4.99 Å². The number of methoxy groups -OCH3 is 2. The Balaban J connectivity index is 0.00000300. The van der Waals surface area contributed by atoms with E-state index < -0.39 is 0 Å². The largest absolute Gasteiger partial charge is 0.493 e. The second-order valence-electron chi connectivity index (χ2n) is 7.21. The van der Waals surface area contributed by atoms with Gasteiger partial charge in [0, 0.05) is 38.2 Å². The molecule has 0 fully saturated rings. The molecule has 7 nitrogen and oxygen atoms in total. The second-order valence-corrected chi connectivity index (χ2v) is 7.21. The second kappa shape index (κ2) is 10.2. The predicted molar refractivity (Wildman–Crippen MR) is 125 cm³/mol. The van der Waals surface area contributed by atoms with E-state index in [0.29, 0.717) is 0 Å². The van der Waals surface area contributed by atoms with E-state index in [2.05, 4.69) is 39.4 Å². The minimum atomic E-state index is 0. The van der Waals surface area contributed by atoms with Crippen LogP contribution in [-0.4, -0.2) is 50.4 Å². The molecule has 1 aliphatic heterocycles. The standard InChI is InChI=1S/C21H30N4O3.HI/c1-13(20-14(2)24-28-15(20)3)11-23-21(22-4)25-8-7-16-9-18(26-5)19(27-6)10-17(16)12-25;/h9-10,13H,7-8,11-12H2,1-6H3,(H,22,23);1H. The number of aliphatic imine (C=N–C) groups is 1. The van der Waals surface area contributed by atoms with Crippen LogP contribution in [0.3, 0.4) is 0 Å². The summed E-state index contributed by atoms with van der Waals surface area (Å²) < 4.78 is 16.2. The highest BCUT2D eigenvalue weighted by molar-refractivity contribution is 14.0. The fourth-order valence-corrected chi connectivity index (χ4v) is 3.94. The highest BCUT2D eigenvalue weighted by Gasteiger charge is 2.23. The van der Waals surface area contributed by atoms with Crippen molar-refractivity contribution in [3.8, 4) is 11.5 Å². The molecule has 0 saturated carbocycles. The monoisotopic (exact) mass is 514 g/mol. The lowest BCUT2D eigenvalue weighted by Gasteiger charge is -2.32. The van der Waals surface area contributed by atoms with Crippen LogP contribution in [0.4, 0.5) is 0 Å². The van der Waals surface area contributed by atoms with Crippen molar-refractivity contribution in [3.63, 3.8) is 0 Å². The van der Waals surface area contributed by atoms with Gasteiger partial charge in [-0.05, 0) is 43.5 Å². The number of halogens is 1. The number of hydrogen-bond donors (Lipinski definition) is 1. The molecule has 1 atom stereocenters. The lowest BCUT2D eigenvalue weighted by Crippen LogP contribution is -2.45. The van der Waals surface area contributed by atoms with E-state index in [4.69, 9.17) is 14.0 Å². The summed E-state index contributed by atoms with van der Waals surface area (Å²) in [6.07, 6.45) is 0.940. The third-order valence-corrected chi connectivity index (χ3v) is 5.38. The summed E-state index contributed by atoms with van der Waals surface area (Å²) in [7, 11) is 5.17. The van der Waals surface area contributed by atoms with Crippen molar-refractivity contribution in [2.45, 2.75) is 39.7 Å². The zero-order valence-electron chi connectivity index (χ0n) is 18.0. The van der Waals surface area contributed by atoms with Crippen LogP contribution in [0.2, 0.25) is 0 Å². The Kier molecular flexibility index (Phi) is 8.18. The first-order chi connectivity index (χ1) is 13.5. The average Bonchev–Trinajstić information content (AvgIpc) is 3.05. The van der Waals surface area contributed by atoms with Crippen molar-refractivity contribution in [2.75, 3.05) is 34.4 Å². The highest BCUT2D eigenvalue weighted by Crippen LogP contribution is 2.33. The van der Waals surface area contributed by atoms with Crippen LogP contribution in [0.15, 0.2) is 21.6 Å². The lowest BCUT2D eigenvalue weighted by molar-refractivity contribution is 0.345. The van der Waals surface area contributed by atoms with Crippen LogP contribution in [0.25, 0.3) is 0 Å². The molecule has 8 heteroatoms. The van der Waals surface area contributed by atoms with E-state index in [1.165, 1.54) is 16.7 Å². The van der Waals surface area contributed by atoms with E-state index in [-0.39, 0.29) is 29.9 Å². The van der Waals surface area contributed by atoms with Crippen LogP contribution in [0.5, 0.6) is 11.5 Å². The van der Waals surface area contributed by atoms with Gasteiger partial charge in [0.05, 0.1) is 19.9 Å². The van der Waals surface area contributed by atoms with E-state index in [1.807, 2.05) is 20.9 Å². The van der Waals surface area contributed by atoms with Gasteiger partial charge in [-0.2, -0.15) is 0 Å². The summed E-state index contributed by atoms with van der Waals surface area (Å²) in [5.74, 6) is 3.61. The predicted octanol–water partition coefficient (Wildman–Crippen LogP) is 3.66. The maximum Gasteiger partial charge on any atom is 0.193 e. The molecule has 1 N–H and O–H groups in total. The fourth-order valence-electron chi connectivity index (χ4n) is 3.94. The van der Waals surface area contributed by atoms with Gasteiger partial charge in [0.25, 0.3) is 0 Å². The molecule has 1 aromatic heterocycles. The van der Waals surface area contributed by atoms with Crippen molar-refractivity contribution in [1.29, 1.82) is 0 Å². The topological polar surface area (TPSA) is 72.1 Å². The van der Waals surface area contributed by atoms with Gasteiger partial charge in [-0.25, -0.2) is 0 Å². The quantitative estimate of drug-likeness (QED) is 0.373. The van der Waals surface area contributed by atoms with E-state index in [1.54, 1.807) is 14.2 Å². The number of fused-ring (bicyclic) bond motifs is 1. The van der Waals surface area contributed by atoms with Crippen molar-refractivity contribution in [1.82, 2.24) is 15.4 Å². The summed E-state index contributed by atoms with van der Waals surface area (Å²) in [5, 5.41) is 7.58. The van der Waals surface area contributed by atoms with Gasteiger partial charge in [0.15, 0.2) is 17.5 Å². The third-order valence-electron chi connectivity index (χ3n) is 5.38. The Bertz CT molecular complexity index is 846. The lowest BCUT2D eigenvalue weighted by atomic mass is 9.98. The SMILES string of the molecule is CN=C(NCC(C)c1c(C)noc1C)N1CCc2cc(OC)c(OC)cc2C1.I. The Morgan fingerprint density at radius 2 is 1.90 bits per heavy atom. The molecular formula is C21H31IN4O3. The molecule has 0 spiro atoms. The number of guanidine groups is 1. The molecule has 0 aliphatic carbocycles. The van der Waals surface area contributed by atoms with Gasteiger partial charge in [-0.3, -0.25) is 4.99 Å². The zero-order chi connectivity index (χ0) is 20.3. The number of benzene rings is 1. The molecule has 1 unspecified atom stereocenters. The zero-order valence-corrected chi connectivity index (χ0v) is 20.4. The number of aromatic nitrogens is 1. The summed E-state index contributed by atoms with van der Waals surface area (Å²) >= 11 is 0. The first-order valence-electron chi connectivity index (χ1n) is 9.60. The summed E-state index contributed by atoms with van der Waals surface area (Å²) in [5.41, 5.74) is 4.66. The molecular weight excluding hydrogens is 483 g/mol. The molecule has 3 rings (SSSR count). The normalized spacial score (nSPS) is 14.7. The minimum Gasteiger partial charge on any atom is -0.493 e. The van der Waals surface area contributed by atoms with Gasteiger partial charge < -0.3 is 24.2 Å². The first kappa shape index (κ1) is 23.3. The van der Waals surface area contributed by atoms with E-state index in [9.17, 15) is 0 Å². The van der Waals surface area contributed by atoms with Crippen LogP contribution < -0.4 is 14.8 Å². The van der Waals surface area contributed by atoms with Gasteiger partial charge in [0.2, 0.25) is 0 Å². The number of rotatable bonds is 5. The Morgan fingerprint density at radius 3 is 2.45 bits per heavy atom. The maximum atomic E-state index is 5.46. The smallest absolute Gasteiger partial charge is 0.193 e. The van der Waals surface area contributed by atoms with Gasteiger partial charge in [-0.1, -0.05) is 12.1 Å². The van der Waals surface area contributed by atoms with Crippen LogP contribution in [0.1, 0.15) is 41.0 Å².